The first kappa shape index (κ1) is 19.0. The third kappa shape index (κ3) is 4.38. The Morgan fingerprint density at radius 3 is 2.59 bits per heavy atom. The summed E-state index contributed by atoms with van der Waals surface area (Å²) in [6, 6.07) is 21.3. The van der Waals surface area contributed by atoms with Crippen molar-refractivity contribution in [3.8, 4) is 0 Å². The van der Waals surface area contributed by atoms with Crippen molar-refractivity contribution in [2.45, 2.75) is 19.9 Å². The first-order valence-electron chi connectivity index (χ1n) is 9.30. The predicted octanol–water partition coefficient (Wildman–Crippen LogP) is 5.81. The molecule has 2 N–H and O–H groups in total. The Kier molecular flexibility index (Phi) is 5.44. The standard InChI is InChI=1S/C23H21N3O2S/c1-15-8-6-12-20(24-15)25-21(17-9-4-3-5-10-17)18-14-16(2)29-23(18)26-22(27)19-11-7-13-28-19/h3-14,21H,1-2H3,(H,24,25)(H,26,27)/t21-/m0/s1. The molecule has 1 aromatic carbocycles. The van der Waals surface area contributed by atoms with Crippen LogP contribution >= 0.6 is 11.3 Å². The topological polar surface area (TPSA) is 67.2 Å². The molecule has 0 fully saturated rings. The van der Waals surface area contributed by atoms with Crippen LogP contribution in [-0.2, 0) is 0 Å². The zero-order chi connectivity index (χ0) is 20.2. The molecule has 4 aromatic rings. The molecule has 3 heterocycles. The second-order valence-electron chi connectivity index (χ2n) is 6.73. The van der Waals surface area contributed by atoms with E-state index in [2.05, 4.69) is 33.8 Å². The van der Waals surface area contributed by atoms with Gasteiger partial charge < -0.3 is 15.1 Å². The zero-order valence-electron chi connectivity index (χ0n) is 16.2. The molecule has 0 saturated heterocycles. The van der Waals surface area contributed by atoms with Gasteiger partial charge in [-0.3, -0.25) is 4.79 Å². The fourth-order valence-corrected chi connectivity index (χ4v) is 4.12. The summed E-state index contributed by atoms with van der Waals surface area (Å²) < 4.78 is 5.24. The molecular weight excluding hydrogens is 382 g/mol. The van der Waals surface area contributed by atoms with E-state index in [1.165, 1.54) is 6.26 Å². The second kappa shape index (κ2) is 8.32. The van der Waals surface area contributed by atoms with Crippen LogP contribution in [0.5, 0.6) is 0 Å². The van der Waals surface area contributed by atoms with Gasteiger partial charge in [-0.05, 0) is 49.7 Å². The molecule has 1 atom stereocenters. The minimum Gasteiger partial charge on any atom is -0.459 e. The summed E-state index contributed by atoms with van der Waals surface area (Å²) in [4.78, 5) is 18.3. The molecule has 4 rings (SSSR count). The molecule has 0 saturated carbocycles. The summed E-state index contributed by atoms with van der Waals surface area (Å²) in [5.41, 5.74) is 3.01. The lowest BCUT2D eigenvalue weighted by Gasteiger charge is -2.21. The molecule has 29 heavy (non-hydrogen) atoms. The molecule has 5 nitrogen and oxygen atoms in total. The summed E-state index contributed by atoms with van der Waals surface area (Å²) in [6.45, 7) is 4.00. The van der Waals surface area contributed by atoms with Gasteiger partial charge in [0.2, 0.25) is 0 Å². The molecule has 0 radical (unpaired) electrons. The van der Waals surface area contributed by atoms with Crippen molar-refractivity contribution in [2.24, 2.45) is 0 Å². The van der Waals surface area contributed by atoms with Gasteiger partial charge >= 0.3 is 0 Å². The van der Waals surface area contributed by atoms with Gasteiger partial charge in [0.15, 0.2) is 5.76 Å². The van der Waals surface area contributed by atoms with Gasteiger partial charge in [-0.15, -0.1) is 11.3 Å². The van der Waals surface area contributed by atoms with Gasteiger partial charge in [0, 0.05) is 16.1 Å². The van der Waals surface area contributed by atoms with Crippen LogP contribution in [0, 0.1) is 13.8 Å². The quantitative estimate of drug-likeness (QED) is 0.426. The highest BCUT2D eigenvalue weighted by Gasteiger charge is 2.22. The SMILES string of the molecule is Cc1cccc(N[C@@H](c2ccccc2)c2cc(C)sc2NC(=O)c2ccco2)n1. The van der Waals surface area contributed by atoms with Gasteiger partial charge in [-0.2, -0.15) is 0 Å². The van der Waals surface area contributed by atoms with Gasteiger partial charge in [-0.25, -0.2) is 4.98 Å². The Hall–Kier alpha value is -3.38. The predicted molar refractivity (Wildman–Crippen MR) is 117 cm³/mol. The van der Waals surface area contributed by atoms with Crippen LogP contribution in [-0.4, -0.2) is 10.9 Å². The highest BCUT2D eigenvalue weighted by Crippen LogP contribution is 2.37. The lowest BCUT2D eigenvalue weighted by Crippen LogP contribution is -2.17. The van der Waals surface area contributed by atoms with E-state index >= 15 is 0 Å². The van der Waals surface area contributed by atoms with E-state index in [-0.39, 0.29) is 17.7 Å². The summed E-state index contributed by atoms with van der Waals surface area (Å²) >= 11 is 1.54. The normalized spacial score (nSPS) is 11.8. The van der Waals surface area contributed by atoms with E-state index in [9.17, 15) is 4.79 Å². The van der Waals surface area contributed by atoms with Crippen molar-refractivity contribution in [3.63, 3.8) is 0 Å². The highest BCUT2D eigenvalue weighted by atomic mass is 32.1. The van der Waals surface area contributed by atoms with Gasteiger partial charge in [0.25, 0.3) is 5.91 Å². The van der Waals surface area contributed by atoms with Crippen molar-refractivity contribution in [1.29, 1.82) is 0 Å². The minimum absolute atomic E-state index is 0.164. The van der Waals surface area contributed by atoms with Gasteiger partial charge in [0.05, 0.1) is 12.3 Å². The summed E-state index contributed by atoms with van der Waals surface area (Å²) in [6.07, 6.45) is 1.49. The average molecular weight is 404 g/mol. The Balaban J connectivity index is 1.72. The van der Waals surface area contributed by atoms with Crippen LogP contribution in [0.1, 0.15) is 38.3 Å². The number of hydrogen-bond acceptors (Lipinski definition) is 5. The zero-order valence-corrected chi connectivity index (χ0v) is 17.0. The molecule has 0 spiro atoms. The van der Waals surface area contributed by atoms with E-state index in [4.69, 9.17) is 4.42 Å². The van der Waals surface area contributed by atoms with Crippen LogP contribution in [0.15, 0.2) is 77.4 Å². The van der Waals surface area contributed by atoms with Crippen LogP contribution < -0.4 is 10.6 Å². The number of carbonyl (C=O) groups excluding carboxylic acids is 1. The number of aromatic nitrogens is 1. The monoisotopic (exact) mass is 403 g/mol. The van der Waals surface area contributed by atoms with Crippen molar-refractivity contribution in [3.05, 3.63) is 100 Å². The molecule has 0 aliphatic rings. The number of thiophene rings is 1. The van der Waals surface area contributed by atoms with Crippen molar-refractivity contribution in [2.75, 3.05) is 10.6 Å². The largest absolute Gasteiger partial charge is 0.459 e. The average Bonchev–Trinajstić information content (AvgIpc) is 3.37. The van der Waals surface area contributed by atoms with Crippen LogP contribution in [0.25, 0.3) is 0 Å². The van der Waals surface area contributed by atoms with Crippen LogP contribution in [0.3, 0.4) is 0 Å². The lowest BCUT2D eigenvalue weighted by molar-refractivity contribution is 0.0997. The first-order chi connectivity index (χ1) is 14.1. The van der Waals surface area contributed by atoms with Crippen molar-refractivity contribution >= 4 is 28.1 Å². The molecule has 6 heteroatoms. The summed E-state index contributed by atoms with van der Waals surface area (Å²) in [7, 11) is 0. The Morgan fingerprint density at radius 1 is 1.03 bits per heavy atom. The fraction of sp³-hybridized carbons (Fsp3) is 0.130. The summed E-state index contributed by atoms with van der Waals surface area (Å²) in [5, 5.41) is 7.33. The first-order valence-corrected chi connectivity index (χ1v) is 10.1. The molecule has 1 amide bonds. The molecule has 3 aromatic heterocycles. The number of furan rings is 1. The van der Waals surface area contributed by atoms with Gasteiger partial charge in [-0.1, -0.05) is 36.4 Å². The van der Waals surface area contributed by atoms with E-state index in [0.29, 0.717) is 0 Å². The number of amides is 1. The number of hydrogen-bond donors (Lipinski definition) is 2. The molecule has 146 valence electrons. The fourth-order valence-electron chi connectivity index (χ4n) is 3.18. The van der Waals surface area contributed by atoms with E-state index in [1.807, 2.05) is 50.2 Å². The van der Waals surface area contributed by atoms with E-state index in [0.717, 1.165) is 32.5 Å². The van der Waals surface area contributed by atoms with E-state index < -0.39 is 0 Å². The number of rotatable bonds is 6. The van der Waals surface area contributed by atoms with Crippen LogP contribution in [0.2, 0.25) is 0 Å². The highest BCUT2D eigenvalue weighted by molar-refractivity contribution is 7.16. The third-order valence-electron chi connectivity index (χ3n) is 4.48. The lowest BCUT2D eigenvalue weighted by atomic mass is 10.00. The number of nitrogens with one attached hydrogen (secondary N) is 2. The number of nitrogens with zero attached hydrogens (tertiary/aromatic N) is 1. The van der Waals surface area contributed by atoms with Gasteiger partial charge in [0.1, 0.15) is 10.8 Å². The Morgan fingerprint density at radius 2 is 1.86 bits per heavy atom. The van der Waals surface area contributed by atoms with Crippen molar-refractivity contribution in [1.82, 2.24) is 4.98 Å². The summed E-state index contributed by atoms with van der Waals surface area (Å²) in [5.74, 6) is 0.802. The third-order valence-corrected chi connectivity index (χ3v) is 5.46. The molecule has 0 unspecified atom stereocenters. The number of benzene rings is 1. The van der Waals surface area contributed by atoms with E-state index in [1.54, 1.807) is 23.5 Å². The maximum atomic E-state index is 12.6. The molecule has 0 aliphatic carbocycles. The van der Waals surface area contributed by atoms with Crippen LogP contribution in [0.4, 0.5) is 10.8 Å². The maximum Gasteiger partial charge on any atom is 0.291 e. The number of anilines is 2. The molecule has 0 aliphatic heterocycles. The number of aryl methyl sites for hydroxylation is 2. The molecular formula is C23H21N3O2S. The maximum absolute atomic E-state index is 12.6. The second-order valence-corrected chi connectivity index (χ2v) is 7.98. The van der Waals surface area contributed by atoms with Crippen molar-refractivity contribution < 1.29 is 9.21 Å². The Labute approximate surface area is 173 Å². The number of pyridine rings is 1. The Bertz CT molecular complexity index is 1100. The molecule has 0 bridgehead atoms. The smallest absolute Gasteiger partial charge is 0.291 e. The minimum atomic E-state index is -0.265. The number of carbonyl (C=O) groups is 1.